The van der Waals surface area contributed by atoms with Crippen molar-refractivity contribution in [2.45, 2.75) is 12.5 Å². The summed E-state index contributed by atoms with van der Waals surface area (Å²) in [6.07, 6.45) is 0.815. The Kier molecular flexibility index (Phi) is 5.08. The topological polar surface area (TPSA) is 53.8 Å². The highest BCUT2D eigenvalue weighted by molar-refractivity contribution is 9.10. The Balaban J connectivity index is 1.88. The van der Waals surface area contributed by atoms with E-state index in [1.165, 1.54) is 0 Å². The van der Waals surface area contributed by atoms with Gasteiger partial charge in [0.15, 0.2) is 5.43 Å². The molecule has 1 aromatic heterocycles. The van der Waals surface area contributed by atoms with Crippen molar-refractivity contribution in [2.24, 2.45) is 0 Å². The van der Waals surface area contributed by atoms with Crippen LogP contribution in [0.2, 0.25) is 0 Å². The molecule has 0 saturated heterocycles. The predicted octanol–water partition coefficient (Wildman–Crippen LogP) is 4.05. The molecule has 1 amide bonds. The monoisotopic (exact) mass is 440 g/mol. The Morgan fingerprint density at radius 2 is 1.86 bits per heavy atom. The first kappa shape index (κ1) is 18.9. The molecule has 1 aliphatic rings. The SMILES string of the molecule is CN(C)CCCN1C(=O)c2oc3ccc(Br)cc3c(=O)c2[C@H]1c1ccccc1. The molecule has 0 spiro atoms. The molecule has 0 radical (unpaired) electrons. The molecule has 28 heavy (non-hydrogen) atoms. The molecule has 2 aromatic carbocycles. The summed E-state index contributed by atoms with van der Waals surface area (Å²) in [5.74, 6) is -0.0527. The second-order valence-electron chi connectivity index (χ2n) is 7.28. The van der Waals surface area contributed by atoms with Gasteiger partial charge in [-0.1, -0.05) is 46.3 Å². The molecule has 6 heteroatoms. The summed E-state index contributed by atoms with van der Waals surface area (Å²) >= 11 is 3.42. The minimum absolute atomic E-state index is 0.144. The minimum atomic E-state index is -0.425. The lowest BCUT2D eigenvalue weighted by Crippen LogP contribution is -2.32. The third-order valence-corrected chi connectivity index (χ3v) is 5.54. The first-order chi connectivity index (χ1) is 13.5. The predicted molar refractivity (Wildman–Crippen MR) is 113 cm³/mol. The highest BCUT2D eigenvalue weighted by Gasteiger charge is 2.42. The summed E-state index contributed by atoms with van der Waals surface area (Å²) in [5.41, 5.74) is 1.64. The van der Waals surface area contributed by atoms with Crippen molar-refractivity contribution in [1.29, 1.82) is 0 Å². The van der Waals surface area contributed by atoms with Crippen LogP contribution in [0.3, 0.4) is 0 Å². The minimum Gasteiger partial charge on any atom is -0.450 e. The molecule has 0 unspecified atom stereocenters. The summed E-state index contributed by atoms with van der Waals surface area (Å²) in [5, 5.41) is 0.483. The van der Waals surface area contributed by atoms with Crippen molar-refractivity contribution in [3.8, 4) is 0 Å². The van der Waals surface area contributed by atoms with Gasteiger partial charge in [0.05, 0.1) is 17.0 Å². The van der Waals surface area contributed by atoms with E-state index in [2.05, 4.69) is 20.8 Å². The number of nitrogens with zero attached hydrogens (tertiary/aromatic N) is 2. The first-order valence-electron chi connectivity index (χ1n) is 9.24. The number of rotatable bonds is 5. The summed E-state index contributed by atoms with van der Waals surface area (Å²) in [6, 6.07) is 14.5. The van der Waals surface area contributed by atoms with Gasteiger partial charge >= 0.3 is 0 Å². The molecular weight excluding hydrogens is 420 g/mol. The van der Waals surface area contributed by atoms with Crippen LogP contribution in [0, 0.1) is 0 Å². The van der Waals surface area contributed by atoms with Crippen molar-refractivity contribution in [1.82, 2.24) is 9.80 Å². The van der Waals surface area contributed by atoms with Gasteiger partial charge in [-0.05, 0) is 50.8 Å². The van der Waals surface area contributed by atoms with Gasteiger partial charge in [-0.15, -0.1) is 0 Å². The number of carbonyl (C=O) groups excluding carboxylic acids is 1. The van der Waals surface area contributed by atoms with Gasteiger partial charge in [-0.25, -0.2) is 0 Å². The van der Waals surface area contributed by atoms with E-state index in [1.54, 1.807) is 23.1 Å². The molecule has 1 aliphatic heterocycles. The smallest absolute Gasteiger partial charge is 0.290 e. The largest absolute Gasteiger partial charge is 0.450 e. The Labute approximate surface area is 171 Å². The lowest BCUT2D eigenvalue weighted by molar-refractivity contribution is 0.0722. The number of hydrogen-bond acceptors (Lipinski definition) is 4. The van der Waals surface area contributed by atoms with E-state index in [1.807, 2.05) is 44.4 Å². The molecule has 0 N–H and O–H groups in total. The normalized spacial score (nSPS) is 16.2. The van der Waals surface area contributed by atoms with Crippen LogP contribution in [0.4, 0.5) is 0 Å². The second-order valence-corrected chi connectivity index (χ2v) is 8.20. The second kappa shape index (κ2) is 7.53. The zero-order chi connectivity index (χ0) is 19.8. The lowest BCUT2D eigenvalue weighted by Gasteiger charge is -2.25. The summed E-state index contributed by atoms with van der Waals surface area (Å²) in [7, 11) is 4.01. The van der Waals surface area contributed by atoms with Crippen LogP contribution < -0.4 is 5.43 Å². The number of hydrogen-bond donors (Lipinski definition) is 0. The van der Waals surface area contributed by atoms with Crippen LogP contribution in [-0.2, 0) is 0 Å². The average molecular weight is 441 g/mol. The fourth-order valence-corrected chi connectivity index (χ4v) is 4.12. The standard InChI is InChI=1S/C22H21BrN2O3/c1-24(2)11-6-12-25-19(14-7-4-3-5-8-14)18-20(26)16-13-15(23)9-10-17(16)28-21(18)22(25)27/h3-5,7-10,13,19H,6,11-12H2,1-2H3/t19-/m1/s1. The number of fused-ring (bicyclic) bond motifs is 2. The molecule has 3 aromatic rings. The molecule has 0 fully saturated rings. The van der Waals surface area contributed by atoms with E-state index in [4.69, 9.17) is 4.42 Å². The van der Waals surface area contributed by atoms with Crippen molar-refractivity contribution < 1.29 is 9.21 Å². The van der Waals surface area contributed by atoms with E-state index >= 15 is 0 Å². The van der Waals surface area contributed by atoms with Crippen LogP contribution in [0.15, 0.2) is 62.2 Å². The lowest BCUT2D eigenvalue weighted by atomic mass is 9.98. The number of benzene rings is 2. The van der Waals surface area contributed by atoms with Crippen molar-refractivity contribution in [3.63, 3.8) is 0 Å². The van der Waals surface area contributed by atoms with Crippen LogP contribution in [-0.4, -0.2) is 42.9 Å². The summed E-state index contributed by atoms with van der Waals surface area (Å²) < 4.78 is 6.74. The molecule has 1 atom stereocenters. The Morgan fingerprint density at radius 1 is 1.11 bits per heavy atom. The molecule has 0 saturated carbocycles. The van der Waals surface area contributed by atoms with Gasteiger partial charge < -0.3 is 14.2 Å². The van der Waals surface area contributed by atoms with Crippen molar-refractivity contribution >= 4 is 32.8 Å². The molecule has 2 heterocycles. The zero-order valence-corrected chi connectivity index (χ0v) is 17.4. The van der Waals surface area contributed by atoms with Crippen LogP contribution in [0.5, 0.6) is 0 Å². The van der Waals surface area contributed by atoms with Crippen LogP contribution in [0.1, 0.15) is 34.1 Å². The van der Waals surface area contributed by atoms with Gasteiger partial charge in [0, 0.05) is 11.0 Å². The molecule has 5 nitrogen and oxygen atoms in total. The van der Waals surface area contributed by atoms with Crippen molar-refractivity contribution in [2.75, 3.05) is 27.2 Å². The number of halogens is 1. The summed E-state index contributed by atoms with van der Waals surface area (Å²) in [4.78, 5) is 30.4. The van der Waals surface area contributed by atoms with Gasteiger partial charge in [0.25, 0.3) is 5.91 Å². The maximum absolute atomic E-state index is 13.4. The summed E-state index contributed by atoms with van der Waals surface area (Å²) in [6.45, 7) is 1.41. The first-order valence-corrected chi connectivity index (χ1v) is 10.0. The number of amides is 1. The molecule has 144 valence electrons. The zero-order valence-electron chi connectivity index (χ0n) is 15.8. The Bertz CT molecular complexity index is 1090. The third-order valence-electron chi connectivity index (χ3n) is 5.05. The Morgan fingerprint density at radius 3 is 2.57 bits per heavy atom. The maximum atomic E-state index is 13.4. The Hall–Kier alpha value is -2.44. The van der Waals surface area contributed by atoms with Crippen molar-refractivity contribution in [3.05, 3.63) is 80.1 Å². The fourth-order valence-electron chi connectivity index (χ4n) is 3.76. The van der Waals surface area contributed by atoms with E-state index in [0.29, 0.717) is 23.1 Å². The molecule has 4 rings (SSSR count). The number of carbonyl (C=O) groups is 1. The van der Waals surface area contributed by atoms with Gasteiger partial charge in [0.1, 0.15) is 5.58 Å². The van der Waals surface area contributed by atoms with E-state index in [0.717, 1.165) is 23.0 Å². The van der Waals surface area contributed by atoms with E-state index < -0.39 is 6.04 Å². The maximum Gasteiger partial charge on any atom is 0.290 e. The highest BCUT2D eigenvalue weighted by atomic mass is 79.9. The van der Waals surface area contributed by atoms with E-state index in [9.17, 15) is 9.59 Å². The highest BCUT2D eigenvalue weighted by Crippen LogP contribution is 2.38. The average Bonchev–Trinajstić information content (AvgIpc) is 2.95. The van der Waals surface area contributed by atoms with Gasteiger partial charge in [-0.2, -0.15) is 0 Å². The quantitative estimate of drug-likeness (QED) is 0.600. The van der Waals surface area contributed by atoms with E-state index in [-0.39, 0.29) is 17.1 Å². The fraction of sp³-hybridized carbons (Fsp3) is 0.273. The third kappa shape index (κ3) is 3.27. The molecule has 0 aliphatic carbocycles. The van der Waals surface area contributed by atoms with Crippen LogP contribution >= 0.6 is 15.9 Å². The molecule has 0 bridgehead atoms. The van der Waals surface area contributed by atoms with Gasteiger partial charge in [0.2, 0.25) is 5.76 Å². The molecular formula is C22H21BrN2O3. The van der Waals surface area contributed by atoms with Gasteiger partial charge in [-0.3, -0.25) is 9.59 Å². The van der Waals surface area contributed by atoms with Crippen LogP contribution in [0.25, 0.3) is 11.0 Å².